The van der Waals surface area contributed by atoms with E-state index in [9.17, 15) is 0 Å². The summed E-state index contributed by atoms with van der Waals surface area (Å²) in [5.74, 6) is 2.60. The van der Waals surface area contributed by atoms with Crippen LogP contribution in [0.2, 0.25) is 0 Å². The summed E-state index contributed by atoms with van der Waals surface area (Å²) in [6.45, 7) is 1.02. The lowest BCUT2D eigenvalue weighted by atomic mass is 10.2. The Labute approximate surface area is 95.4 Å². The fraction of sp³-hybridized carbons (Fsp3) is 0.556. The number of hydrogen-bond acceptors (Lipinski definition) is 3. The fourth-order valence-electron chi connectivity index (χ4n) is 1.38. The number of thioether (sulfide) groups is 1. The van der Waals surface area contributed by atoms with Gasteiger partial charge in [-0.3, -0.25) is 0 Å². The molecule has 0 aliphatic carbocycles. The number of halogens is 1. The molecule has 1 aromatic heterocycles. The van der Waals surface area contributed by atoms with E-state index in [4.69, 9.17) is 0 Å². The highest BCUT2D eigenvalue weighted by atomic mass is 79.9. The average molecular weight is 278 g/mol. The van der Waals surface area contributed by atoms with Crippen molar-refractivity contribution in [3.05, 3.63) is 20.8 Å². The van der Waals surface area contributed by atoms with E-state index in [0.717, 1.165) is 12.6 Å². The van der Waals surface area contributed by atoms with Crippen molar-refractivity contribution in [2.45, 2.75) is 19.0 Å². The van der Waals surface area contributed by atoms with Gasteiger partial charge >= 0.3 is 0 Å². The first-order chi connectivity index (χ1) is 6.36. The summed E-state index contributed by atoms with van der Waals surface area (Å²) in [7, 11) is 0. The van der Waals surface area contributed by atoms with Gasteiger partial charge in [0.25, 0.3) is 0 Å². The Morgan fingerprint density at radius 3 is 3.15 bits per heavy atom. The van der Waals surface area contributed by atoms with E-state index < -0.39 is 0 Å². The smallest absolute Gasteiger partial charge is 0.0327 e. The third-order valence-electron chi connectivity index (χ3n) is 2.17. The molecule has 0 saturated carbocycles. The van der Waals surface area contributed by atoms with Crippen molar-refractivity contribution in [2.24, 2.45) is 0 Å². The molecule has 0 radical (unpaired) electrons. The number of rotatable bonds is 3. The van der Waals surface area contributed by atoms with Gasteiger partial charge < -0.3 is 5.32 Å². The van der Waals surface area contributed by atoms with Crippen LogP contribution in [0.15, 0.2) is 15.9 Å². The van der Waals surface area contributed by atoms with Crippen LogP contribution >= 0.6 is 39.0 Å². The van der Waals surface area contributed by atoms with Crippen LogP contribution in [-0.2, 0) is 6.54 Å². The molecule has 0 aromatic carbocycles. The second kappa shape index (κ2) is 4.82. The van der Waals surface area contributed by atoms with Gasteiger partial charge in [0.1, 0.15) is 0 Å². The maximum atomic E-state index is 3.58. The minimum Gasteiger partial charge on any atom is -0.308 e. The van der Waals surface area contributed by atoms with Crippen molar-refractivity contribution in [3.63, 3.8) is 0 Å². The summed E-state index contributed by atoms with van der Waals surface area (Å²) in [6, 6.07) is 2.85. The van der Waals surface area contributed by atoms with Crippen molar-refractivity contribution in [1.82, 2.24) is 5.32 Å². The molecule has 1 aliphatic rings. The van der Waals surface area contributed by atoms with E-state index in [1.807, 2.05) is 11.3 Å². The standard InChI is InChI=1S/C9H12BrNS2/c10-8-2-4-13-9(8)5-11-7-1-3-12-6-7/h2,4,7,11H,1,3,5-6H2. The van der Waals surface area contributed by atoms with Gasteiger partial charge in [0.2, 0.25) is 0 Å². The van der Waals surface area contributed by atoms with Crippen LogP contribution in [-0.4, -0.2) is 17.5 Å². The Morgan fingerprint density at radius 2 is 2.54 bits per heavy atom. The Morgan fingerprint density at radius 1 is 1.62 bits per heavy atom. The van der Waals surface area contributed by atoms with Gasteiger partial charge in [-0.05, 0) is 39.6 Å². The van der Waals surface area contributed by atoms with Gasteiger partial charge in [-0.2, -0.15) is 11.8 Å². The molecule has 1 aliphatic heterocycles. The molecule has 2 heterocycles. The minimum absolute atomic E-state index is 0.735. The van der Waals surface area contributed by atoms with Crippen molar-refractivity contribution in [1.29, 1.82) is 0 Å². The molecule has 1 atom stereocenters. The van der Waals surface area contributed by atoms with Crippen LogP contribution in [0.25, 0.3) is 0 Å². The van der Waals surface area contributed by atoms with E-state index >= 15 is 0 Å². The van der Waals surface area contributed by atoms with E-state index in [1.165, 1.54) is 27.3 Å². The lowest BCUT2D eigenvalue weighted by Crippen LogP contribution is -2.27. The van der Waals surface area contributed by atoms with E-state index in [0.29, 0.717) is 0 Å². The molecule has 2 rings (SSSR count). The molecule has 0 amide bonds. The molecule has 1 fully saturated rings. The van der Waals surface area contributed by atoms with Crippen molar-refractivity contribution in [2.75, 3.05) is 11.5 Å². The lowest BCUT2D eigenvalue weighted by molar-refractivity contribution is 0.561. The Bertz CT molecular complexity index is 268. The third kappa shape index (κ3) is 2.72. The normalized spacial score (nSPS) is 22.4. The quantitative estimate of drug-likeness (QED) is 0.911. The van der Waals surface area contributed by atoms with Gasteiger partial charge in [-0.1, -0.05) is 0 Å². The molecule has 13 heavy (non-hydrogen) atoms. The van der Waals surface area contributed by atoms with Crippen LogP contribution in [0.3, 0.4) is 0 Å². The first kappa shape index (κ1) is 10.0. The number of thiophene rings is 1. The van der Waals surface area contributed by atoms with Gasteiger partial charge in [0.05, 0.1) is 0 Å². The molecule has 72 valence electrons. The van der Waals surface area contributed by atoms with Gasteiger partial charge in [0.15, 0.2) is 0 Å². The van der Waals surface area contributed by atoms with E-state index in [-0.39, 0.29) is 0 Å². The molecule has 0 bridgehead atoms. The summed E-state index contributed by atoms with van der Waals surface area (Å²) in [6.07, 6.45) is 1.33. The maximum Gasteiger partial charge on any atom is 0.0327 e. The molecule has 4 heteroatoms. The zero-order valence-electron chi connectivity index (χ0n) is 7.25. The van der Waals surface area contributed by atoms with Gasteiger partial charge in [0, 0.05) is 27.7 Å². The number of hydrogen-bond donors (Lipinski definition) is 1. The predicted molar refractivity (Wildman–Crippen MR) is 64.6 cm³/mol. The Kier molecular flexibility index (Phi) is 3.72. The molecular formula is C9H12BrNS2. The van der Waals surface area contributed by atoms with Crippen LogP contribution in [0.4, 0.5) is 0 Å². The Balaban J connectivity index is 1.82. The van der Waals surface area contributed by atoms with Crippen LogP contribution in [0.1, 0.15) is 11.3 Å². The summed E-state index contributed by atoms with van der Waals surface area (Å²) < 4.78 is 1.25. The van der Waals surface area contributed by atoms with Gasteiger partial charge in [-0.25, -0.2) is 0 Å². The summed E-state index contributed by atoms with van der Waals surface area (Å²) in [4.78, 5) is 1.41. The van der Waals surface area contributed by atoms with Crippen molar-refractivity contribution < 1.29 is 0 Å². The minimum atomic E-state index is 0.735. The molecule has 1 saturated heterocycles. The summed E-state index contributed by atoms with van der Waals surface area (Å²) in [5.41, 5.74) is 0. The fourth-order valence-corrected chi connectivity index (χ4v) is 4.01. The average Bonchev–Trinajstić information content (AvgIpc) is 2.72. The predicted octanol–water partition coefficient (Wildman–Crippen LogP) is 3.11. The largest absolute Gasteiger partial charge is 0.308 e. The highest BCUT2D eigenvalue weighted by molar-refractivity contribution is 9.10. The molecule has 1 N–H and O–H groups in total. The highest BCUT2D eigenvalue weighted by Crippen LogP contribution is 2.23. The number of nitrogens with one attached hydrogen (secondary N) is 1. The van der Waals surface area contributed by atoms with Crippen molar-refractivity contribution >= 4 is 39.0 Å². The first-order valence-corrected chi connectivity index (χ1v) is 7.22. The lowest BCUT2D eigenvalue weighted by Gasteiger charge is -2.09. The van der Waals surface area contributed by atoms with E-state index in [2.05, 4.69) is 44.5 Å². The molecular weight excluding hydrogens is 266 g/mol. The zero-order chi connectivity index (χ0) is 9.10. The molecule has 1 aromatic rings. The van der Waals surface area contributed by atoms with Crippen LogP contribution in [0.5, 0.6) is 0 Å². The summed E-state index contributed by atoms with van der Waals surface area (Å²) >= 11 is 7.41. The molecule has 0 spiro atoms. The molecule has 1 nitrogen and oxygen atoms in total. The second-order valence-electron chi connectivity index (χ2n) is 3.13. The third-order valence-corrected chi connectivity index (χ3v) is 5.26. The Hall–Kier alpha value is 0.490. The summed E-state index contributed by atoms with van der Waals surface area (Å²) in [5, 5.41) is 5.71. The van der Waals surface area contributed by atoms with Gasteiger partial charge in [-0.15, -0.1) is 11.3 Å². The zero-order valence-corrected chi connectivity index (χ0v) is 10.5. The van der Waals surface area contributed by atoms with E-state index in [1.54, 1.807) is 0 Å². The molecule has 1 unspecified atom stereocenters. The first-order valence-electron chi connectivity index (χ1n) is 4.39. The van der Waals surface area contributed by atoms with Crippen LogP contribution in [0, 0.1) is 0 Å². The van der Waals surface area contributed by atoms with Crippen LogP contribution < -0.4 is 5.32 Å². The topological polar surface area (TPSA) is 12.0 Å². The van der Waals surface area contributed by atoms with Crippen molar-refractivity contribution in [3.8, 4) is 0 Å². The monoisotopic (exact) mass is 277 g/mol. The SMILES string of the molecule is Brc1ccsc1CNC1CCSC1. The highest BCUT2D eigenvalue weighted by Gasteiger charge is 2.14. The maximum absolute atomic E-state index is 3.58. The second-order valence-corrected chi connectivity index (χ2v) is 6.14.